The lowest BCUT2D eigenvalue weighted by Gasteiger charge is -2.15. The van der Waals surface area contributed by atoms with E-state index >= 15 is 0 Å². The van der Waals surface area contributed by atoms with Crippen LogP contribution in [-0.4, -0.2) is 19.6 Å². The summed E-state index contributed by atoms with van der Waals surface area (Å²) >= 11 is 0. The number of likely N-dealkylation sites (N-methyl/N-ethyl adjacent to an activating group) is 1. The summed E-state index contributed by atoms with van der Waals surface area (Å²) < 4.78 is 0. The zero-order chi connectivity index (χ0) is 8.69. The van der Waals surface area contributed by atoms with E-state index in [1.54, 1.807) is 0 Å². The molecule has 0 aromatic heterocycles. The van der Waals surface area contributed by atoms with Crippen molar-refractivity contribution in [2.45, 2.75) is 32.2 Å². The first-order chi connectivity index (χ1) is 5.22. The second kappa shape index (κ2) is 6.38. The van der Waals surface area contributed by atoms with E-state index in [1.165, 1.54) is 12.0 Å². The Morgan fingerprint density at radius 3 is 2.55 bits per heavy atom. The molecule has 0 radical (unpaired) electrons. The van der Waals surface area contributed by atoms with Gasteiger partial charge in [-0.3, -0.25) is 0 Å². The van der Waals surface area contributed by atoms with Crippen molar-refractivity contribution >= 4 is 0 Å². The molecule has 11 heavy (non-hydrogen) atoms. The summed E-state index contributed by atoms with van der Waals surface area (Å²) in [7, 11) is 1.97. The lowest BCUT2D eigenvalue weighted by molar-refractivity contribution is 0.550. The van der Waals surface area contributed by atoms with Gasteiger partial charge in [-0.2, -0.15) is 0 Å². The van der Waals surface area contributed by atoms with Gasteiger partial charge in [0, 0.05) is 6.04 Å². The van der Waals surface area contributed by atoms with Crippen LogP contribution in [0.4, 0.5) is 0 Å². The first kappa shape index (κ1) is 10.7. The molecule has 0 fully saturated rings. The van der Waals surface area contributed by atoms with Gasteiger partial charge in [-0.25, -0.2) is 0 Å². The number of hydrogen-bond donors (Lipinski definition) is 2. The summed E-state index contributed by atoms with van der Waals surface area (Å²) in [5.41, 5.74) is 6.60. The number of unbranched alkanes of at least 4 members (excludes halogenated alkanes) is 1. The van der Waals surface area contributed by atoms with E-state index in [4.69, 9.17) is 5.73 Å². The van der Waals surface area contributed by atoms with Gasteiger partial charge in [0.05, 0.1) is 0 Å². The molecule has 0 aromatic carbocycles. The van der Waals surface area contributed by atoms with Crippen molar-refractivity contribution in [1.29, 1.82) is 0 Å². The molecule has 2 heteroatoms. The SMILES string of the molecule is C=C(C)[C@H](CCCCN)NC. The Balaban J connectivity index is 3.44. The van der Waals surface area contributed by atoms with Crippen molar-refractivity contribution in [2.24, 2.45) is 5.73 Å². The van der Waals surface area contributed by atoms with Gasteiger partial charge >= 0.3 is 0 Å². The van der Waals surface area contributed by atoms with E-state index in [1.807, 2.05) is 7.05 Å². The number of nitrogens with one attached hydrogen (secondary N) is 1. The molecule has 3 N–H and O–H groups in total. The van der Waals surface area contributed by atoms with E-state index in [-0.39, 0.29) is 0 Å². The summed E-state index contributed by atoms with van der Waals surface area (Å²) in [6.07, 6.45) is 3.46. The topological polar surface area (TPSA) is 38.0 Å². The Kier molecular flexibility index (Phi) is 6.18. The Bertz CT molecular complexity index is 110. The second-order valence-electron chi connectivity index (χ2n) is 2.97. The standard InChI is InChI=1S/C9H20N2/c1-8(2)9(11-3)6-4-5-7-10/h9,11H,1,4-7,10H2,2-3H3/t9-/m0/s1. The molecule has 0 aliphatic carbocycles. The van der Waals surface area contributed by atoms with Gasteiger partial charge in [-0.1, -0.05) is 18.6 Å². The van der Waals surface area contributed by atoms with Crippen LogP contribution in [0.1, 0.15) is 26.2 Å². The smallest absolute Gasteiger partial charge is 0.0271 e. The number of nitrogens with two attached hydrogens (primary N) is 1. The van der Waals surface area contributed by atoms with Gasteiger partial charge < -0.3 is 11.1 Å². The predicted octanol–water partition coefficient (Wildman–Crippen LogP) is 1.28. The van der Waals surface area contributed by atoms with E-state index < -0.39 is 0 Å². The fraction of sp³-hybridized carbons (Fsp3) is 0.778. The van der Waals surface area contributed by atoms with Crippen LogP contribution in [-0.2, 0) is 0 Å². The molecule has 0 aromatic rings. The molecule has 66 valence electrons. The van der Waals surface area contributed by atoms with Crippen LogP contribution >= 0.6 is 0 Å². The average Bonchev–Trinajstić information content (AvgIpc) is 1.97. The maximum absolute atomic E-state index is 5.39. The van der Waals surface area contributed by atoms with Crippen molar-refractivity contribution in [3.05, 3.63) is 12.2 Å². The largest absolute Gasteiger partial charge is 0.330 e. The summed E-state index contributed by atoms with van der Waals surface area (Å²) in [6, 6.07) is 0.474. The van der Waals surface area contributed by atoms with Crippen molar-refractivity contribution in [1.82, 2.24) is 5.32 Å². The third-order valence-electron chi connectivity index (χ3n) is 1.89. The molecule has 0 rings (SSSR count). The zero-order valence-corrected chi connectivity index (χ0v) is 7.69. The van der Waals surface area contributed by atoms with E-state index in [2.05, 4.69) is 18.8 Å². The monoisotopic (exact) mass is 156 g/mol. The number of hydrogen-bond acceptors (Lipinski definition) is 2. The Morgan fingerprint density at radius 2 is 2.18 bits per heavy atom. The van der Waals surface area contributed by atoms with E-state index in [9.17, 15) is 0 Å². The molecule has 0 amide bonds. The first-order valence-electron chi connectivity index (χ1n) is 4.25. The third kappa shape index (κ3) is 4.99. The van der Waals surface area contributed by atoms with Crippen LogP contribution in [0.2, 0.25) is 0 Å². The zero-order valence-electron chi connectivity index (χ0n) is 7.69. The van der Waals surface area contributed by atoms with E-state index in [0.29, 0.717) is 6.04 Å². The maximum atomic E-state index is 5.39. The summed E-state index contributed by atoms with van der Waals surface area (Å²) in [6.45, 7) is 6.77. The average molecular weight is 156 g/mol. The Morgan fingerprint density at radius 1 is 1.55 bits per heavy atom. The molecule has 2 nitrogen and oxygen atoms in total. The predicted molar refractivity (Wildman–Crippen MR) is 50.6 cm³/mol. The summed E-state index contributed by atoms with van der Waals surface area (Å²) in [5.74, 6) is 0. The van der Waals surface area contributed by atoms with Gasteiger partial charge in [0.15, 0.2) is 0 Å². The molecule has 0 aliphatic rings. The van der Waals surface area contributed by atoms with Crippen molar-refractivity contribution in [3.8, 4) is 0 Å². The molecule has 0 spiro atoms. The number of rotatable bonds is 6. The molecule has 0 aliphatic heterocycles. The Hall–Kier alpha value is -0.340. The van der Waals surface area contributed by atoms with Crippen LogP contribution in [0, 0.1) is 0 Å². The fourth-order valence-corrected chi connectivity index (χ4v) is 1.13. The molecular formula is C9H20N2. The molecule has 0 unspecified atom stereocenters. The van der Waals surface area contributed by atoms with Crippen molar-refractivity contribution in [2.75, 3.05) is 13.6 Å². The minimum absolute atomic E-state index is 0.474. The van der Waals surface area contributed by atoms with Gasteiger partial charge in [0.25, 0.3) is 0 Å². The van der Waals surface area contributed by atoms with Crippen LogP contribution in [0.15, 0.2) is 12.2 Å². The molecule has 0 heterocycles. The molecule has 1 atom stereocenters. The fourth-order valence-electron chi connectivity index (χ4n) is 1.13. The van der Waals surface area contributed by atoms with Crippen LogP contribution in [0.3, 0.4) is 0 Å². The normalized spacial score (nSPS) is 13.0. The van der Waals surface area contributed by atoms with Gasteiger partial charge in [-0.05, 0) is 33.4 Å². The second-order valence-corrected chi connectivity index (χ2v) is 2.97. The van der Waals surface area contributed by atoms with Gasteiger partial charge in [-0.15, -0.1) is 0 Å². The van der Waals surface area contributed by atoms with Gasteiger partial charge in [0.1, 0.15) is 0 Å². The van der Waals surface area contributed by atoms with Crippen LogP contribution in [0.25, 0.3) is 0 Å². The molecule has 0 bridgehead atoms. The molecule has 0 saturated heterocycles. The summed E-state index contributed by atoms with van der Waals surface area (Å²) in [5, 5.41) is 3.22. The van der Waals surface area contributed by atoms with Crippen molar-refractivity contribution < 1.29 is 0 Å². The highest BCUT2D eigenvalue weighted by Crippen LogP contribution is 2.06. The molecule has 0 saturated carbocycles. The van der Waals surface area contributed by atoms with Gasteiger partial charge in [0.2, 0.25) is 0 Å². The molecular weight excluding hydrogens is 136 g/mol. The lowest BCUT2D eigenvalue weighted by Crippen LogP contribution is -2.25. The quantitative estimate of drug-likeness (QED) is 0.449. The summed E-state index contributed by atoms with van der Waals surface area (Å²) in [4.78, 5) is 0. The maximum Gasteiger partial charge on any atom is 0.0271 e. The van der Waals surface area contributed by atoms with Crippen LogP contribution < -0.4 is 11.1 Å². The highest BCUT2D eigenvalue weighted by Gasteiger charge is 2.04. The van der Waals surface area contributed by atoms with Crippen LogP contribution in [0.5, 0.6) is 0 Å². The third-order valence-corrected chi connectivity index (χ3v) is 1.89. The highest BCUT2D eigenvalue weighted by molar-refractivity contribution is 5.00. The lowest BCUT2D eigenvalue weighted by atomic mass is 10.0. The van der Waals surface area contributed by atoms with Crippen molar-refractivity contribution in [3.63, 3.8) is 0 Å². The first-order valence-corrected chi connectivity index (χ1v) is 4.25. The minimum atomic E-state index is 0.474. The van der Waals surface area contributed by atoms with E-state index in [0.717, 1.165) is 19.4 Å². The highest BCUT2D eigenvalue weighted by atomic mass is 14.9. The minimum Gasteiger partial charge on any atom is -0.330 e. The Labute approximate surface area is 69.9 Å².